The van der Waals surface area contributed by atoms with Gasteiger partial charge in [0.2, 0.25) is 5.91 Å². The second kappa shape index (κ2) is 8.09. The van der Waals surface area contributed by atoms with Gasteiger partial charge in [-0.1, -0.05) is 29.8 Å². The average molecular weight is 416 g/mol. The fraction of sp³-hybridized carbons (Fsp3) is 0.350. The maximum absolute atomic E-state index is 13.3. The Labute approximate surface area is 164 Å². The number of rotatable bonds is 4. The molecule has 0 aromatic heterocycles. The number of hydrogen-bond donors (Lipinski definition) is 1. The monoisotopic (exact) mass is 415 g/mol. The Hall–Kier alpha value is -2.12. The molecule has 0 unspecified atom stereocenters. The number of ether oxygens (including phenoxy) is 1. The number of alkyl halides is 3. The molecule has 1 amide bonds. The summed E-state index contributed by atoms with van der Waals surface area (Å²) in [6.07, 6.45) is -3.95. The van der Waals surface area contributed by atoms with Crippen LogP contribution in [0.3, 0.4) is 0 Å². The van der Waals surface area contributed by atoms with Gasteiger partial charge in [-0.25, -0.2) is 4.39 Å². The van der Waals surface area contributed by atoms with E-state index in [0.29, 0.717) is 42.7 Å². The number of amides is 1. The Bertz CT molecular complexity index is 864. The van der Waals surface area contributed by atoms with Crippen LogP contribution in [0, 0.1) is 5.82 Å². The van der Waals surface area contributed by atoms with Crippen molar-refractivity contribution in [1.82, 2.24) is 5.32 Å². The fourth-order valence-electron chi connectivity index (χ4n) is 3.46. The molecule has 1 saturated heterocycles. The molecule has 2 aromatic rings. The van der Waals surface area contributed by atoms with E-state index in [2.05, 4.69) is 5.32 Å². The lowest BCUT2D eigenvalue weighted by Gasteiger charge is -2.36. The molecule has 8 heteroatoms. The van der Waals surface area contributed by atoms with Crippen molar-refractivity contribution in [2.75, 3.05) is 13.2 Å². The molecule has 0 saturated carbocycles. The number of carbonyl (C=O) groups excluding carboxylic acids is 1. The van der Waals surface area contributed by atoms with Crippen LogP contribution in [0.15, 0.2) is 42.5 Å². The average Bonchev–Trinajstić information content (AvgIpc) is 2.66. The second-order valence-corrected chi connectivity index (χ2v) is 7.12. The molecule has 0 aliphatic carbocycles. The van der Waals surface area contributed by atoms with E-state index in [4.69, 9.17) is 16.3 Å². The fourth-order valence-corrected chi connectivity index (χ4v) is 3.65. The van der Waals surface area contributed by atoms with Gasteiger partial charge in [0, 0.05) is 24.8 Å². The van der Waals surface area contributed by atoms with Crippen LogP contribution < -0.4 is 5.32 Å². The van der Waals surface area contributed by atoms with Crippen molar-refractivity contribution in [2.24, 2.45) is 0 Å². The van der Waals surface area contributed by atoms with Crippen molar-refractivity contribution in [3.8, 4) is 0 Å². The topological polar surface area (TPSA) is 38.3 Å². The largest absolute Gasteiger partial charge is 0.416 e. The summed E-state index contributed by atoms with van der Waals surface area (Å²) in [5.74, 6) is -1.39. The van der Waals surface area contributed by atoms with Crippen molar-refractivity contribution in [3.05, 3.63) is 70.0 Å². The summed E-state index contributed by atoms with van der Waals surface area (Å²) >= 11 is 6.07. The summed E-state index contributed by atoms with van der Waals surface area (Å²) < 4.78 is 58.2. The standard InChI is InChI=1S/C20H18ClF4NO2/c21-15-3-1-2-14(10-15)19(6-8-28-9-7-19)18(27)26-12-13-4-5-16(22)11-17(13)20(23,24)25/h1-5,10-11H,6-9,12H2,(H,26,27). The third-order valence-electron chi connectivity index (χ3n) is 4.97. The van der Waals surface area contributed by atoms with Crippen LogP contribution in [0.25, 0.3) is 0 Å². The molecule has 3 rings (SSSR count). The highest BCUT2D eigenvalue weighted by molar-refractivity contribution is 6.30. The molecule has 0 bridgehead atoms. The second-order valence-electron chi connectivity index (χ2n) is 6.69. The van der Waals surface area contributed by atoms with Crippen LogP contribution in [0.2, 0.25) is 5.02 Å². The van der Waals surface area contributed by atoms with Gasteiger partial charge in [-0.3, -0.25) is 4.79 Å². The number of nitrogens with one attached hydrogen (secondary N) is 1. The van der Waals surface area contributed by atoms with Crippen molar-refractivity contribution in [3.63, 3.8) is 0 Å². The first-order chi connectivity index (χ1) is 13.2. The van der Waals surface area contributed by atoms with Crippen LogP contribution in [-0.4, -0.2) is 19.1 Å². The molecule has 1 aliphatic heterocycles. The number of halogens is 5. The van der Waals surface area contributed by atoms with Crippen molar-refractivity contribution < 1.29 is 27.1 Å². The van der Waals surface area contributed by atoms with E-state index in [-0.39, 0.29) is 12.1 Å². The number of hydrogen-bond acceptors (Lipinski definition) is 2. The summed E-state index contributed by atoms with van der Waals surface area (Å²) in [7, 11) is 0. The van der Waals surface area contributed by atoms with Gasteiger partial charge < -0.3 is 10.1 Å². The molecule has 0 atom stereocenters. The lowest BCUT2D eigenvalue weighted by Crippen LogP contribution is -2.48. The van der Waals surface area contributed by atoms with Crippen LogP contribution in [0.5, 0.6) is 0 Å². The third kappa shape index (κ3) is 4.31. The molecule has 3 nitrogen and oxygen atoms in total. The zero-order valence-electron chi connectivity index (χ0n) is 14.8. The van der Waals surface area contributed by atoms with E-state index < -0.39 is 28.9 Å². The van der Waals surface area contributed by atoms with Gasteiger partial charge in [-0.2, -0.15) is 13.2 Å². The highest BCUT2D eigenvalue weighted by Crippen LogP contribution is 2.37. The lowest BCUT2D eigenvalue weighted by atomic mass is 9.73. The van der Waals surface area contributed by atoms with E-state index in [1.165, 1.54) is 0 Å². The highest BCUT2D eigenvalue weighted by atomic mass is 35.5. The molecule has 0 radical (unpaired) electrons. The minimum absolute atomic E-state index is 0.199. The van der Waals surface area contributed by atoms with E-state index in [9.17, 15) is 22.4 Å². The molecular weight excluding hydrogens is 398 g/mol. The van der Waals surface area contributed by atoms with E-state index in [1.807, 2.05) is 0 Å². The number of carbonyl (C=O) groups is 1. The highest BCUT2D eigenvalue weighted by Gasteiger charge is 2.42. The first-order valence-electron chi connectivity index (χ1n) is 8.70. The summed E-state index contributed by atoms with van der Waals surface area (Å²) in [6, 6.07) is 9.28. The minimum atomic E-state index is -4.72. The molecule has 1 aliphatic rings. The minimum Gasteiger partial charge on any atom is -0.381 e. The molecule has 1 N–H and O–H groups in total. The molecule has 0 spiro atoms. The molecular formula is C20H18ClF4NO2. The number of benzene rings is 2. The predicted molar refractivity (Wildman–Crippen MR) is 96.4 cm³/mol. The van der Waals surface area contributed by atoms with Gasteiger partial charge in [0.05, 0.1) is 11.0 Å². The quantitative estimate of drug-likeness (QED) is 0.724. The van der Waals surface area contributed by atoms with Crippen LogP contribution in [0.1, 0.15) is 29.5 Å². The van der Waals surface area contributed by atoms with Crippen molar-refractivity contribution >= 4 is 17.5 Å². The molecule has 2 aromatic carbocycles. The SMILES string of the molecule is O=C(NCc1ccc(F)cc1C(F)(F)F)C1(c2cccc(Cl)c2)CCOCC1. The molecule has 150 valence electrons. The maximum atomic E-state index is 13.3. The Kier molecular flexibility index (Phi) is 5.95. The van der Waals surface area contributed by atoms with E-state index in [1.54, 1.807) is 24.3 Å². The van der Waals surface area contributed by atoms with Crippen LogP contribution >= 0.6 is 11.6 Å². The summed E-state index contributed by atoms with van der Waals surface area (Å²) in [4.78, 5) is 13.1. The summed E-state index contributed by atoms with van der Waals surface area (Å²) in [5.41, 5.74) is -1.55. The summed E-state index contributed by atoms with van der Waals surface area (Å²) in [5, 5.41) is 3.07. The molecule has 1 heterocycles. The first kappa shape index (κ1) is 20.6. The van der Waals surface area contributed by atoms with Gasteiger partial charge in [-0.15, -0.1) is 0 Å². The normalized spacial score (nSPS) is 16.6. The third-order valence-corrected chi connectivity index (χ3v) is 5.21. The Morgan fingerprint density at radius 2 is 1.86 bits per heavy atom. The van der Waals surface area contributed by atoms with Gasteiger partial charge in [0.1, 0.15) is 5.82 Å². The maximum Gasteiger partial charge on any atom is 0.416 e. The Balaban J connectivity index is 1.86. The summed E-state index contributed by atoms with van der Waals surface area (Å²) in [6.45, 7) is 0.339. The predicted octanol–water partition coefficient (Wildman–Crippen LogP) is 4.86. The Morgan fingerprint density at radius 3 is 2.50 bits per heavy atom. The smallest absolute Gasteiger partial charge is 0.381 e. The zero-order chi connectivity index (χ0) is 20.4. The van der Waals surface area contributed by atoms with E-state index in [0.717, 1.165) is 12.1 Å². The van der Waals surface area contributed by atoms with E-state index >= 15 is 0 Å². The first-order valence-corrected chi connectivity index (χ1v) is 9.08. The van der Waals surface area contributed by atoms with Gasteiger partial charge in [0.25, 0.3) is 0 Å². The van der Waals surface area contributed by atoms with Gasteiger partial charge >= 0.3 is 6.18 Å². The zero-order valence-corrected chi connectivity index (χ0v) is 15.5. The van der Waals surface area contributed by atoms with Crippen molar-refractivity contribution in [1.29, 1.82) is 0 Å². The molecule has 28 heavy (non-hydrogen) atoms. The van der Waals surface area contributed by atoms with Gasteiger partial charge in [0.15, 0.2) is 0 Å². The molecule has 1 fully saturated rings. The lowest BCUT2D eigenvalue weighted by molar-refractivity contribution is -0.139. The Morgan fingerprint density at radius 1 is 1.14 bits per heavy atom. The van der Waals surface area contributed by atoms with Crippen molar-refractivity contribution in [2.45, 2.75) is 31.0 Å². The van der Waals surface area contributed by atoms with Crippen LogP contribution in [0.4, 0.5) is 17.6 Å². The van der Waals surface area contributed by atoms with Crippen LogP contribution in [-0.2, 0) is 27.7 Å². The van der Waals surface area contributed by atoms with Gasteiger partial charge in [-0.05, 0) is 48.2 Å².